The van der Waals surface area contributed by atoms with Gasteiger partial charge >= 0.3 is 0 Å². The van der Waals surface area contributed by atoms with E-state index in [4.69, 9.17) is 5.21 Å². The van der Waals surface area contributed by atoms with E-state index >= 15 is 0 Å². The van der Waals surface area contributed by atoms with Crippen LogP contribution in [0.2, 0.25) is 0 Å². The topological polar surface area (TPSA) is 65.2 Å². The molecule has 0 amide bonds. The van der Waals surface area contributed by atoms with Crippen molar-refractivity contribution in [3.05, 3.63) is 11.6 Å². The van der Waals surface area contributed by atoms with Gasteiger partial charge in [0.05, 0.1) is 5.71 Å². The van der Waals surface area contributed by atoms with Gasteiger partial charge in [-0.3, -0.25) is 0 Å². The molecular weight excluding hydrogens is 324 g/mol. The predicted molar refractivity (Wildman–Crippen MR) is 104 cm³/mol. The fourth-order valence-corrected chi connectivity index (χ4v) is 7.76. The maximum absolute atomic E-state index is 9.19. The molecule has 4 aliphatic rings. The van der Waals surface area contributed by atoms with E-state index in [1.807, 2.05) is 0 Å². The zero-order chi connectivity index (χ0) is 18.5. The van der Waals surface area contributed by atoms with E-state index in [0.29, 0.717) is 22.7 Å². The summed E-state index contributed by atoms with van der Waals surface area (Å²) in [5.74, 6) is 3.42. The highest BCUT2D eigenvalue weighted by Gasteiger charge is 2.59. The van der Waals surface area contributed by atoms with E-state index in [1.165, 1.54) is 44.1 Å². The van der Waals surface area contributed by atoms with Gasteiger partial charge in [-0.05, 0) is 97.9 Å². The number of hydrogen-bond acceptors (Lipinski definition) is 4. The van der Waals surface area contributed by atoms with Gasteiger partial charge in [-0.2, -0.15) is 0 Å². The number of nitrogens with zero attached hydrogens (tertiary/aromatic N) is 2. The summed E-state index contributed by atoms with van der Waals surface area (Å²) in [4.78, 5) is 0. The zero-order valence-corrected chi connectivity index (χ0v) is 16.5. The highest BCUT2D eigenvalue weighted by Crippen LogP contribution is 2.67. The molecule has 7 atom stereocenters. The lowest BCUT2D eigenvalue weighted by atomic mass is 9.46. The van der Waals surface area contributed by atoms with Crippen molar-refractivity contribution >= 4 is 11.9 Å². The summed E-state index contributed by atoms with van der Waals surface area (Å²) in [6.45, 7) is 7.24. The molecule has 2 N–H and O–H groups in total. The normalized spacial score (nSPS) is 48.0. The first-order valence-electron chi connectivity index (χ1n) is 10.5. The van der Waals surface area contributed by atoms with Gasteiger partial charge in [-0.25, -0.2) is 0 Å². The fourth-order valence-electron chi connectivity index (χ4n) is 7.76. The van der Waals surface area contributed by atoms with Crippen LogP contribution >= 0.6 is 0 Å². The third kappa shape index (κ3) is 2.47. The van der Waals surface area contributed by atoms with Crippen LogP contribution in [0.3, 0.4) is 0 Å². The molecule has 0 heterocycles. The first-order chi connectivity index (χ1) is 12.4. The van der Waals surface area contributed by atoms with Crippen LogP contribution in [-0.4, -0.2) is 22.3 Å². The highest BCUT2D eigenvalue weighted by atomic mass is 16.4. The van der Waals surface area contributed by atoms with Crippen LogP contribution in [0.5, 0.6) is 0 Å². The van der Waals surface area contributed by atoms with Gasteiger partial charge in [0, 0.05) is 6.21 Å². The van der Waals surface area contributed by atoms with Crippen molar-refractivity contribution in [2.45, 2.75) is 72.1 Å². The molecule has 0 aromatic carbocycles. The molecule has 0 aromatic rings. The molecule has 26 heavy (non-hydrogen) atoms. The van der Waals surface area contributed by atoms with Crippen LogP contribution in [-0.2, 0) is 0 Å². The van der Waals surface area contributed by atoms with Gasteiger partial charge in [-0.15, -0.1) is 5.16 Å². The van der Waals surface area contributed by atoms with Crippen LogP contribution in [0, 0.1) is 40.4 Å². The molecule has 4 nitrogen and oxygen atoms in total. The quantitative estimate of drug-likeness (QED) is 0.389. The Hall–Kier alpha value is -1.32. The van der Waals surface area contributed by atoms with Gasteiger partial charge in [0.1, 0.15) is 0 Å². The number of fused-ring (bicyclic) bond motifs is 5. The van der Waals surface area contributed by atoms with E-state index in [2.05, 4.69) is 37.2 Å². The van der Waals surface area contributed by atoms with Gasteiger partial charge in [0.2, 0.25) is 0 Å². The first-order valence-corrected chi connectivity index (χ1v) is 10.5. The monoisotopic (exact) mass is 358 g/mol. The second-order valence-electron chi connectivity index (χ2n) is 9.95. The Morgan fingerprint density at radius 1 is 1.08 bits per heavy atom. The molecule has 3 saturated carbocycles. The number of rotatable bonds is 2. The Bertz CT molecular complexity index is 655. The van der Waals surface area contributed by atoms with Gasteiger partial charge in [0.15, 0.2) is 0 Å². The minimum absolute atomic E-state index is 0.300. The molecule has 0 radical (unpaired) electrons. The van der Waals surface area contributed by atoms with Crippen LogP contribution in [0.4, 0.5) is 0 Å². The van der Waals surface area contributed by atoms with E-state index in [-0.39, 0.29) is 0 Å². The number of allylic oxidation sites excluding steroid dienone is 2. The van der Waals surface area contributed by atoms with Crippen molar-refractivity contribution < 1.29 is 10.4 Å². The minimum Gasteiger partial charge on any atom is -0.411 e. The first kappa shape index (κ1) is 18.1. The minimum atomic E-state index is 0.300. The summed E-state index contributed by atoms with van der Waals surface area (Å²) >= 11 is 0. The van der Waals surface area contributed by atoms with Crippen molar-refractivity contribution in [3.8, 4) is 0 Å². The average Bonchev–Trinajstić information content (AvgIpc) is 2.98. The van der Waals surface area contributed by atoms with Crippen molar-refractivity contribution in [2.75, 3.05) is 0 Å². The number of hydrogen-bond donors (Lipinski definition) is 2. The third-order valence-electron chi connectivity index (χ3n) is 9.12. The van der Waals surface area contributed by atoms with E-state index < -0.39 is 0 Å². The molecule has 0 spiro atoms. The smallest absolute Gasteiger partial charge is 0.0795 e. The lowest BCUT2D eigenvalue weighted by Gasteiger charge is -2.58. The molecule has 4 rings (SSSR count). The molecule has 0 aromatic heterocycles. The van der Waals surface area contributed by atoms with E-state index in [9.17, 15) is 5.21 Å². The maximum atomic E-state index is 9.19. The number of oxime groups is 2. The van der Waals surface area contributed by atoms with Crippen molar-refractivity contribution in [3.63, 3.8) is 0 Å². The SMILES string of the molecule is C[C@@H](/C=N\O)[C@H]1CC[C@H]2[C@@H]3CCC4=C/C(=N\O)CC[C@]4(C)[C@H]3CC[C@]12C. The summed E-state index contributed by atoms with van der Waals surface area (Å²) in [5.41, 5.74) is 3.10. The van der Waals surface area contributed by atoms with E-state index in [0.717, 1.165) is 36.3 Å². The molecule has 0 unspecified atom stereocenters. The fraction of sp³-hybridized carbons (Fsp3) is 0.818. The average molecular weight is 359 g/mol. The van der Waals surface area contributed by atoms with Crippen LogP contribution < -0.4 is 0 Å². The van der Waals surface area contributed by atoms with E-state index in [1.54, 1.807) is 6.21 Å². The Labute approximate surface area is 157 Å². The molecule has 144 valence electrons. The van der Waals surface area contributed by atoms with Crippen LogP contribution in [0.25, 0.3) is 0 Å². The summed E-state index contributed by atoms with van der Waals surface area (Å²) in [6.07, 6.45) is 13.7. The zero-order valence-electron chi connectivity index (χ0n) is 16.5. The molecule has 3 fully saturated rings. The molecular formula is C22H34N2O2. The Kier molecular flexibility index (Phi) is 4.44. The Morgan fingerprint density at radius 3 is 2.62 bits per heavy atom. The highest BCUT2D eigenvalue weighted by molar-refractivity contribution is 5.96. The third-order valence-corrected chi connectivity index (χ3v) is 9.12. The van der Waals surface area contributed by atoms with Crippen molar-refractivity contribution in [2.24, 2.45) is 50.7 Å². The molecule has 0 bridgehead atoms. The second-order valence-corrected chi connectivity index (χ2v) is 9.95. The largest absolute Gasteiger partial charge is 0.411 e. The summed E-state index contributed by atoms with van der Waals surface area (Å²) in [7, 11) is 0. The van der Waals surface area contributed by atoms with Crippen LogP contribution in [0.15, 0.2) is 22.0 Å². The summed E-state index contributed by atoms with van der Waals surface area (Å²) < 4.78 is 0. The molecule has 0 saturated heterocycles. The summed E-state index contributed by atoms with van der Waals surface area (Å²) in [6, 6.07) is 0. The van der Waals surface area contributed by atoms with Crippen molar-refractivity contribution in [1.29, 1.82) is 0 Å². The van der Waals surface area contributed by atoms with Gasteiger partial charge in [0.25, 0.3) is 0 Å². The summed E-state index contributed by atoms with van der Waals surface area (Å²) in [5, 5.41) is 25.0. The lowest BCUT2D eigenvalue weighted by molar-refractivity contribution is -0.0526. The van der Waals surface area contributed by atoms with Crippen molar-refractivity contribution in [1.82, 2.24) is 0 Å². The molecule has 0 aliphatic heterocycles. The predicted octanol–water partition coefficient (Wildman–Crippen LogP) is 5.49. The van der Waals surface area contributed by atoms with Crippen LogP contribution in [0.1, 0.15) is 72.1 Å². The van der Waals surface area contributed by atoms with Gasteiger partial charge < -0.3 is 10.4 Å². The Balaban J connectivity index is 1.62. The Morgan fingerprint density at radius 2 is 1.88 bits per heavy atom. The maximum Gasteiger partial charge on any atom is 0.0795 e. The standard InChI is InChI=1S/C22H34N2O2/c1-14(13-23-25)18-6-7-19-17-5-4-15-12-16(24-26)8-10-21(15,2)20(17)9-11-22(18,19)3/h12-14,17-20,25-26H,4-11H2,1-3H3/b23-13-,24-16-/t14-,17-,18+,19-,20-,21-,22+/m0/s1. The molecule has 4 aliphatic carbocycles. The second kappa shape index (κ2) is 6.38. The molecule has 4 heteroatoms. The lowest BCUT2D eigenvalue weighted by Crippen LogP contribution is -2.51. The van der Waals surface area contributed by atoms with Gasteiger partial charge in [-0.1, -0.05) is 31.5 Å².